The van der Waals surface area contributed by atoms with Crippen LogP contribution in [-0.2, 0) is 9.59 Å². The van der Waals surface area contributed by atoms with Crippen LogP contribution in [-0.4, -0.2) is 36.7 Å². The van der Waals surface area contributed by atoms with Crippen molar-refractivity contribution in [2.45, 2.75) is 6.92 Å². The molecule has 6 nitrogen and oxygen atoms in total. The minimum Gasteiger partial charge on any atom is -0.495 e. The standard InChI is InChI=1S/C20H21N3O3/c1-3-9-17(16-10-5-4-6-11-16)22-23(15-24)14-20(25)21-18-12-7-8-13-19(18)26-2/h3-13,15H,14H2,1-2H3,(H,21,25)/b9-3-,22-17+. The summed E-state index contributed by atoms with van der Waals surface area (Å²) < 4.78 is 5.20. The highest BCUT2D eigenvalue weighted by Crippen LogP contribution is 2.22. The van der Waals surface area contributed by atoms with Crippen LogP contribution in [0, 0.1) is 0 Å². The number of ether oxygens (including phenoxy) is 1. The number of hydrazone groups is 1. The van der Waals surface area contributed by atoms with Gasteiger partial charge >= 0.3 is 0 Å². The fourth-order valence-electron chi connectivity index (χ4n) is 2.27. The maximum Gasteiger partial charge on any atom is 0.246 e. The molecular formula is C20H21N3O3. The summed E-state index contributed by atoms with van der Waals surface area (Å²) in [6.45, 7) is 1.65. The Bertz CT molecular complexity index is 801. The lowest BCUT2D eigenvalue weighted by Gasteiger charge is -2.14. The molecule has 2 rings (SSSR count). The van der Waals surface area contributed by atoms with E-state index in [0.29, 0.717) is 23.6 Å². The summed E-state index contributed by atoms with van der Waals surface area (Å²) in [6, 6.07) is 16.5. The van der Waals surface area contributed by atoms with Crippen molar-refractivity contribution >= 4 is 23.7 Å². The van der Waals surface area contributed by atoms with Crippen LogP contribution in [0.2, 0.25) is 0 Å². The summed E-state index contributed by atoms with van der Waals surface area (Å²) >= 11 is 0. The highest BCUT2D eigenvalue weighted by molar-refractivity contribution is 6.08. The van der Waals surface area contributed by atoms with Gasteiger partial charge in [-0.3, -0.25) is 9.59 Å². The van der Waals surface area contributed by atoms with E-state index in [9.17, 15) is 9.59 Å². The van der Waals surface area contributed by atoms with Crippen molar-refractivity contribution in [3.63, 3.8) is 0 Å². The van der Waals surface area contributed by atoms with Crippen LogP contribution in [0.4, 0.5) is 5.69 Å². The number of amides is 2. The van der Waals surface area contributed by atoms with Crippen LogP contribution in [0.5, 0.6) is 5.75 Å². The SMILES string of the molecule is C/C=C\C(=N/N(C=O)CC(=O)Nc1ccccc1OC)c1ccccc1. The number of benzene rings is 2. The zero-order valence-electron chi connectivity index (χ0n) is 14.8. The number of nitrogens with zero attached hydrogens (tertiary/aromatic N) is 2. The number of hydrogen-bond donors (Lipinski definition) is 1. The van der Waals surface area contributed by atoms with E-state index in [4.69, 9.17) is 4.74 Å². The van der Waals surface area contributed by atoms with E-state index in [-0.39, 0.29) is 12.5 Å². The molecule has 6 heteroatoms. The van der Waals surface area contributed by atoms with Gasteiger partial charge in [0.05, 0.1) is 18.5 Å². The Hall–Kier alpha value is -3.41. The maximum absolute atomic E-state index is 12.3. The number of methoxy groups -OCH3 is 1. The highest BCUT2D eigenvalue weighted by atomic mass is 16.5. The van der Waals surface area contributed by atoms with Crippen molar-refractivity contribution in [1.29, 1.82) is 0 Å². The number of hydrogen-bond acceptors (Lipinski definition) is 4. The summed E-state index contributed by atoms with van der Waals surface area (Å²) in [5.74, 6) is 0.166. The quantitative estimate of drug-likeness (QED) is 0.451. The molecule has 2 aromatic carbocycles. The van der Waals surface area contributed by atoms with Crippen LogP contribution in [0.15, 0.2) is 71.9 Å². The average Bonchev–Trinajstić information content (AvgIpc) is 2.68. The number of carbonyl (C=O) groups is 2. The Morgan fingerprint density at radius 2 is 1.85 bits per heavy atom. The zero-order valence-corrected chi connectivity index (χ0v) is 14.8. The molecule has 0 heterocycles. The van der Waals surface area contributed by atoms with Crippen LogP contribution in [0.1, 0.15) is 12.5 Å². The van der Waals surface area contributed by atoms with Gasteiger partial charge in [-0.25, -0.2) is 5.01 Å². The monoisotopic (exact) mass is 351 g/mol. The molecule has 1 N–H and O–H groups in total. The second-order valence-corrected chi connectivity index (χ2v) is 5.30. The molecule has 0 atom stereocenters. The van der Waals surface area contributed by atoms with E-state index in [1.165, 1.54) is 7.11 Å². The van der Waals surface area contributed by atoms with Crippen molar-refractivity contribution in [3.8, 4) is 5.75 Å². The third-order valence-corrected chi connectivity index (χ3v) is 3.44. The van der Waals surface area contributed by atoms with Crippen LogP contribution in [0.3, 0.4) is 0 Å². The van der Waals surface area contributed by atoms with Gasteiger partial charge in [0, 0.05) is 5.56 Å². The van der Waals surface area contributed by atoms with Gasteiger partial charge in [0.15, 0.2) is 0 Å². The van der Waals surface area contributed by atoms with Crippen molar-refractivity contribution in [2.75, 3.05) is 19.0 Å². The number of carbonyl (C=O) groups excluding carboxylic acids is 2. The first kappa shape index (κ1) is 18.9. The lowest BCUT2D eigenvalue weighted by atomic mass is 10.1. The zero-order chi connectivity index (χ0) is 18.8. The molecule has 0 unspecified atom stereocenters. The third-order valence-electron chi connectivity index (χ3n) is 3.44. The molecule has 0 aliphatic carbocycles. The van der Waals surface area contributed by atoms with E-state index in [0.717, 1.165) is 10.6 Å². The molecule has 26 heavy (non-hydrogen) atoms. The normalized spacial score (nSPS) is 11.2. The summed E-state index contributed by atoms with van der Waals surface area (Å²) in [5, 5.41) is 8.06. The van der Waals surface area contributed by atoms with Gasteiger partial charge in [-0.1, -0.05) is 48.5 Å². The minimum absolute atomic E-state index is 0.213. The molecular weight excluding hydrogens is 330 g/mol. The van der Waals surface area contributed by atoms with E-state index in [2.05, 4.69) is 10.4 Å². The molecule has 0 bridgehead atoms. The predicted molar refractivity (Wildman–Crippen MR) is 102 cm³/mol. The predicted octanol–water partition coefficient (Wildman–Crippen LogP) is 3.07. The first-order valence-corrected chi connectivity index (χ1v) is 8.09. The van der Waals surface area contributed by atoms with Crippen LogP contribution < -0.4 is 10.1 Å². The van der Waals surface area contributed by atoms with Gasteiger partial charge in [0.1, 0.15) is 12.3 Å². The molecule has 0 saturated heterocycles. The molecule has 2 amide bonds. The van der Waals surface area contributed by atoms with Crippen molar-refractivity contribution in [3.05, 3.63) is 72.3 Å². The Morgan fingerprint density at radius 3 is 2.50 bits per heavy atom. The Morgan fingerprint density at radius 1 is 1.15 bits per heavy atom. The molecule has 0 aliphatic rings. The number of anilines is 1. The minimum atomic E-state index is -0.377. The fourth-order valence-corrected chi connectivity index (χ4v) is 2.27. The first-order chi connectivity index (χ1) is 12.7. The largest absolute Gasteiger partial charge is 0.495 e. The number of nitrogens with one attached hydrogen (secondary N) is 1. The molecule has 0 saturated carbocycles. The Kier molecular flexibility index (Phi) is 7.12. The second kappa shape index (κ2) is 9.78. The van der Waals surface area contributed by atoms with Gasteiger partial charge < -0.3 is 10.1 Å². The van der Waals surface area contributed by atoms with Crippen LogP contribution in [0.25, 0.3) is 0 Å². The Labute approximate surface area is 152 Å². The van der Waals surface area contributed by atoms with Gasteiger partial charge in [-0.15, -0.1) is 0 Å². The Balaban J connectivity index is 2.14. The lowest BCUT2D eigenvalue weighted by Crippen LogP contribution is -2.29. The first-order valence-electron chi connectivity index (χ1n) is 8.09. The summed E-state index contributed by atoms with van der Waals surface area (Å²) in [4.78, 5) is 23.6. The van der Waals surface area contributed by atoms with Gasteiger partial charge in [0.25, 0.3) is 0 Å². The second-order valence-electron chi connectivity index (χ2n) is 5.30. The van der Waals surface area contributed by atoms with Crippen molar-refractivity contribution in [1.82, 2.24) is 5.01 Å². The summed E-state index contributed by atoms with van der Waals surface area (Å²) in [6.07, 6.45) is 4.13. The lowest BCUT2D eigenvalue weighted by molar-refractivity contribution is -0.125. The van der Waals surface area contributed by atoms with Gasteiger partial charge in [-0.05, 0) is 25.1 Å². The summed E-state index contributed by atoms with van der Waals surface area (Å²) in [7, 11) is 1.52. The molecule has 2 aromatic rings. The molecule has 0 aliphatic heterocycles. The van der Waals surface area contributed by atoms with E-state index < -0.39 is 0 Å². The topological polar surface area (TPSA) is 71.0 Å². The number of rotatable bonds is 8. The molecule has 134 valence electrons. The van der Waals surface area contributed by atoms with Crippen LogP contribution >= 0.6 is 0 Å². The van der Waals surface area contributed by atoms with Gasteiger partial charge in [0.2, 0.25) is 12.3 Å². The highest BCUT2D eigenvalue weighted by Gasteiger charge is 2.12. The molecule has 0 aromatic heterocycles. The molecule has 0 fully saturated rings. The smallest absolute Gasteiger partial charge is 0.246 e. The molecule has 0 radical (unpaired) electrons. The third kappa shape index (κ3) is 5.31. The molecule has 0 spiro atoms. The van der Waals surface area contributed by atoms with Gasteiger partial charge in [-0.2, -0.15) is 5.10 Å². The number of allylic oxidation sites excluding steroid dienone is 2. The summed E-state index contributed by atoms with van der Waals surface area (Å²) in [5.41, 5.74) is 1.97. The average molecular weight is 351 g/mol. The van der Waals surface area contributed by atoms with E-state index in [1.54, 1.807) is 30.3 Å². The maximum atomic E-state index is 12.3. The van der Waals surface area contributed by atoms with E-state index in [1.807, 2.05) is 43.3 Å². The van der Waals surface area contributed by atoms with E-state index >= 15 is 0 Å². The fraction of sp³-hybridized carbons (Fsp3) is 0.150. The number of para-hydroxylation sites is 2. The van der Waals surface area contributed by atoms with Crippen molar-refractivity contribution < 1.29 is 14.3 Å². The van der Waals surface area contributed by atoms with Crippen molar-refractivity contribution in [2.24, 2.45) is 5.10 Å².